The van der Waals surface area contributed by atoms with Gasteiger partial charge in [0.05, 0.1) is 10.9 Å². The minimum absolute atomic E-state index is 0.284. The second-order valence-corrected chi connectivity index (χ2v) is 10.9. The number of anilines is 1. The van der Waals surface area contributed by atoms with Crippen LogP contribution in [0.3, 0.4) is 0 Å². The van der Waals surface area contributed by atoms with Gasteiger partial charge in [-0.25, -0.2) is 13.1 Å². The molecule has 182 valence electrons. The Morgan fingerprint density at radius 1 is 1.00 bits per heavy atom. The van der Waals surface area contributed by atoms with E-state index in [4.69, 9.17) is 0 Å². The molecule has 1 saturated carbocycles. The Hall–Kier alpha value is -3.37. The zero-order chi connectivity index (χ0) is 24.3. The zero-order valence-electron chi connectivity index (χ0n) is 19.4. The first kappa shape index (κ1) is 23.4. The van der Waals surface area contributed by atoms with Crippen LogP contribution in [0, 0.1) is 0 Å². The number of benzene rings is 2. The maximum Gasteiger partial charge on any atom is 0.248 e. The van der Waals surface area contributed by atoms with Crippen molar-refractivity contribution in [2.24, 2.45) is 0 Å². The lowest BCUT2D eigenvalue weighted by Gasteiger charge is -2.19. The van der Waals surface area contributed by atoms with Crippen LogP contribution in [0.25, 0.3) is 17.5 Å². The molecule has 0 atom stereocenters. The van der Waals surface area contributed by atoms with E-state index in [0.717, 1.165) is 49.7 Å². The lowest BCUT2D eigenvalue weighted by Crippen LogP contribution is -2.31. The van der Waals surface area contributed by atoms with E-state index in [1.165, 1.54) is 6.08 Å². The SMILES string of the molecule is O=C(/C=C/c1ccc(S(=O)(=O)N2CCCCCC2)cc1)Nc1cccc(-c2nnnn2C2CC2)c1. The Morgan fingerprint density at radius 2 is 1.74 bits per heavy atom. The molecule has 1 amide bonds. The largest absolute Gasteiger partial charge is 0.322 e. The fraction of sp³-hybridized carbons (Fsp3) is 0.360. The van der Waals surface area contributed by atoms with E-state index in [1.807, 2.05) is 28.9 Å². The Morgan fingerprint density at radius 3 is 2.46 bits per heavy atom. The molecule has 0 radical (unpaired) electrons. The van der Waals surface area contributed by atoms with Crippen LogP contribution in [0.2, 0.25) is 0 Å². The molecule has 1 aromatic heterocycles. The minimum atomic E-state index is -3.49. The monoisotopic (exact) mass is 492 g/mol. The number of nitrogens with zero attached hydrogens (tertiary/aromatic N) is 5. The molecule has 0 unspecified atom stereocenters. The van der Waals surface area contributed by atoms with Crippen LogP contribution in [0.1, 0.15) is 50.1 Å². The summed E-state index contributed by atoms with van der Waals surface area (Å²) in [4.78, 5) is 12.8. The molecule has 2 aliphatic rings. The average Bonchev–Trinajstić information content (AvgIpc) is 3.65. The molecule has 1 saturated heterocycles. The topological polar surface area (TPSA) is 110 Å². The number of tetrazole rings is 1. The van der Waals surface area contributed by atoms with E-state index in [-0.39, 0.29) is 10.8 Å². The van der Waals surface area contributed by atoms with Gasteiger partial charge in [0.2, 0.25) is 15.9 Å². The van der Waals surface area contributed by atoms with Crippen molar-refractivity contribution in [1.29, 1.82) is 0 Å². The van der Waals surface area contributed by atoms with E-state index in [1.54, 1.807) is 34.6 Å². The fourth-order valence-electron chi connectivity index (χ4n) is 4.22. The lowest BCUT2D eigenvalue weighted by atomic mass is 10.2. The van der Waals surface area contributed by atoms with Crippen LogP contribution in [-0.4, -0.2) is 51.9 Å². The van der Waals surface area contributed by atoms with Crippen molar-refractivity contribution in [3.8, 4) is 11.4 Å². The number of carbonyl (C=O) groups excluding carboxylic acids is 1. The summed E-state index contributed by atoms with van der Waals surface area (Å²) in [7, 11) is -3.49. The average molecular weight is 493 g/mol. The highest BCUT2D eigenvalue weighted by Crippen LogP contribution is 2.36. The predicted molar refractivity (Wildman–Crippen MR) is 133 cm³/mol. The van der Waals surface area contributed by atoms with E-state index in [0.29, 0.717) is 30.6 Å². The van der Waals surface area contributed by atoms with Crippen LogP contribution < -0.4 is 5.32 Å². The number of nitrogens with one attached hydrogen (secondary N) is 1. The summed E-state index contributed by atoms with van der Waals surface area (Å²) >= 11 is 0. The van der Waals surface area contributed by atoms with Gasteiger partial charge in [0.15, 0.2) is 5.82 Å². The quantitative estimate of drug-likeness (QED) is 0.501. The van der Waals surface area contributed by atoms with Gasteiger partial charge in [0.25, 0.3) is 0 Å². The number of aromatic nitrogens is 4. The Bertz CT molecular complexity index is 1320. The molecule has 2 fully saturated rings. The van der Waals surface area contributed by atoms with E-state index < -0.39 is 10.0 Å². The molecular weight excluding hydrogens is 464 g/mol. The first-order chi connectivity index (χ1) is 17.0. The molecule has 2 heterocycles. The summed E-state index contributed by atoms with van der Waals surface area (Å²) in [5, 5.41) is 14.9. The summed E-state index contributed by atoms with van der Waals surface area (Å²) in [6, 6.07) is 14.4. The van der Waals surface area contributed by atoms with Gasteiger partial charge in [-0.15, -0.1) is 5.10 Å². The van der Waals surface area contributed by atoms with Gasteiger partial charge in [0.1, 0.15) is 0 Å². The highest BCUT2D eigenvalue weighted by molar-refractivity contribution is 7.89. The number of hydrogen-bond donors (Lipinski definition) is 1. The third kappa shape index (κ3) is 5.49. The molecule has 10 heteroatoms. The fourth-order valence-corrected chi connectivity index (χ4v) is 5.74. The molecule has 0 bridgehead atoms. The molecular formula is C25H28N6O3S. The summed E-state index contributed by atoms with van der Waals surface area (Å²) in [5.41, 5.74) is 2.22. The summed E-state index contributed by atoms with van der Waals surface area (Å²) < 4.78 is 29.3. The molecule has 35 heavy (non-hydrogen) atoms. The number of sulfonamides is 1. The Balaban J connectivity index is 1.23. The molecule has 9 nitrogen and oxygen atoms in total. The van der Waals surface area contributed by atoms with Crippen molar-refractivity contribution < 1.29 is 13.2 Å². The molecule has 5 rings (SSSR count). The second-order valence-electron chi connectivity index (χ2n) is 8.97. The van der Waals surface area contributed by atoms with Gasteiger partial charge in [-0.3, -0.25) is 4.79 Å². The van der Waals surface area contributed by atoms with E-state index in [9.17, 15) is 13.2 Å². The second kappa shape index (κ2) is 10.1. The number of amides is 1. The third-order valence-corrected chi connectivity index (χ3v) is 8.20. The highest BCUT2D eigenvalue weighted by atomic mass is 32.2. The normalized spacial score (nSPS) is 17.4. The summed E-state index contributed by atoms with van der Waals surface area (Å²) in [6.07, 6.45) is 9.18. The summed E-state index contributed by atoms with van der Waals surface area (Å²) in [6.45, 7) is 1.14. The van der Waals surface area contributed by atoms with Crippen LogP contribution in [0.15, 0.2) is 59.5 Å². The molecule has 1 aliphatic carbocycles. The van der Waals surface area contributed by atoms with Crippen molar-refractivity contribution in [1.82, 2.24) is 24.5 Å². The van der Waals surface area contributed by atoms with Crippen molar-refractivity contribution in [2.45, 2.75) is 49.5 Å². The molecule has 3 aromatic rings. The molecule has 0 spiro atoms. The Kier molecular flexibility index (Phi) is 6.74. The smallest absolute Gasteiger partial charge is 0.248 e. The van der Waals surface area contributed by atoms with Gasteiger partial charge >= 0.3 is 0 Å². The predicted octanol–water partition coefficient (Wildman–Crippen LogP) is 3.89. The van der Waals surface area contributed by atoms with E-state index in [2.05, 4.69) is 20.8 Å². The molecule has 1 aliphatic heterocycles. The highest BCUT2D eigenvalue weighted by Gasteiger charge is 2.28. The first-order valence-corrected chi connectivity index (χ1v) is 13.4. The van der Waals surface area contributed by atoms with Crippen molar-refractivity contribution in [3.05, 3.63) is 60.2 Å². The van der Waals surface area contributed by atoms with Crippen molar-refractivity contribution >= 4 is 27.7 Å². The summed E-state index contributed by atoms with van der Waals surface area (Å²) in [5.74, 6) is 0.402. The number of carbonyl (C=O) groups is 1. The van der Waals surface area contributed by atoms with Crippen LogP contribution in [0.5, 0.6) is 0 Å². The van der Waals surface area contributed by atoms with Gasteiger partial charge in [-0.1, -0.05) is 37.1 Å². The standard InChI is InChI=1S/C25H28N6O3S/c32-24(26-21-7-5-6-20(18-21)25-27-28-29-31(25)22-11-12-22)15-10-19-8-13-23(14-9-19)35(33,34)30-16-3-1-2-4-17-30/h5-10,13-15,18,22H,1-4,11-12,16-17H2,(H,26,32)/b15-10+. The minimum Gasteiger partial charge on any atom is -0.322 e. The maximum absolute atomic E-state index is 12.9. The van der Waals surface area contributed by atoms with Gasteiger partial charge < -0.3 is 5.32 Å². The number of hydrogen-bond acceptors (Lipinski definition) is 6. The lowest BCUT2D eigenvalue weighted by molar-refractivity contribution is -0.111. The van der Waals surface area contributed by atoms with Crippen LogP contribution >= 0.6 is 0 Å². The van der Waals surface area contributed by atoms with Crippen LogP contribution in [-0.2, 0) is 14.8 Å². The molecule has 2 aromatic carbocycles. The van der Waals surface area contributed by atoms with Gasteiger partial charge in [0, 0.05) is 30.4 Å². The van der Waals surface area contributed by atoms with E-state index >= 15 is 0 Å². The van der Waals surface area contributed by atoms with Crippen molar-refractivity contribution in [3.63, 3.8) is 0 Å². The van der Waals surface area contributed by atoms with Gasteiger partial charge in [-0.2, -0.15) is 4.31 Å². The third-order valence-electron chi connectivity index (χ3n) is 6.28. The molecule has 1 N–H and O–H groups in total. The zero-order valence-corrected chi connectivity index (χ0v) is 20.2. The van der Waals surface area contributed by atoms with Crippen molar-refractivity contribution in [2.75, 3.05) is 18.4 Å². The first-order valence-electron chi connectivity index (χ1n) is 12.0. The maximum atomic E-state index is 12.9. The Labute approximate surface area is 204 Å². The number of rotatable bonds is 7. The van der Waals surface area contributed by atoms with Crippen LogP contribution in [0.4, 0.5) is 5.69 Å². The van der Waals surface area contributed by atoms with Gasteiger partial charge in [-0.05, 0) is 72.0 Å².